The predicted molar refractivity (Wildman–Crippen MR) is 74.3 cm³/mol. The van der Waals surface area contributed by atoms with E-state index in [0.717, 1.165) is 6.42 Å². The van der Waals surface area contributed by atoms with Crippen LogP contribution in [0, 0.1) is 5.92 Å². The number of benzene rings is 1. The zero-order valence-corrected chi connectivity index (χ0v) is 11.4. The summed E-state index contributed by atoms with van der Waals surface area (Å²) in [6.45, 7) is 8.09. The molecule has 1 heteroatoms. The first-order chi connectivity index (χ1) is 8.16. The zero-order valence-electron chi connectivity index (χ0n) is 11.4. The molecule has 17 heavy (non-hydrogen) atoms. The fourth-order valence-corrected chi connectivity index (χ4v) is 2.93. The van der Waals surface area contributed by atoms with Crippen LogP contribution >= 0.6 is 0 Å². The van der Waals surface area contributed by atoms with Crippen LogP contribution in [0.15, 0.2) is 24.3 Å². The molecule has 0 radical (unpaired) electrons. The Morgan fingerprint density at radius 3 is 2.29 bits per heavy atom. The SMILES string of the molecule is CCc1ccc(CC2(C(C)C)CCCN2)cc1. The van der Waals surface area contributed by atoms with Gasteiger partial charge in [0, 0.05) is 5.54 Å². The molecule has 1 fully saturated rings. The van der Waals surface area contributed by atoms with Crippen molar-refractivity contribution < 1.29 is 0 Å². The number of rotatable bonds is 4. The van der Waals surface area contributed by atoms with Gasteiger partial charge in [0.05, 0.1) is 0 Å². The highest BCUT2D eigenvalue weighted by molar-refractivity contribution is 5.24. The van der Waals surface area contributed by atoms with E-state index in [0.29, 0.717) is 11.5 Å². The van der Waals surface area contributed by atoms with Gasteiger partial charge in [-0.15, -0.1) is 0 Å². The van der Waals surface area contributed by atoms with Gasteiger partial charge in [0.2, 0.25) is 0 Å². The molecule has 0 bridgehead atoms. The summed E-state index contributed by atoms with van der Waals surface area (Å²) in [6, 6.07) is 9.17. The molecule has 2 rings (SSSR count). The van der Waals surface area contributed by atoms with Gasteiger partial charge in [0.15, 0.2) is 0 Å². The fraction of sp³-hybridized carbons (Fsp3) is 0.625. The molecule has 0 aliphatic carbocycles. The highest BCUT2D eigenvalue weighted by Gasteiger charge is 2.36. The predicted octanol–water partition coefficient (Wildman–Crippen LogP) is 3.57. The van der Waals surface area contributed by atoms with E-state index in [-0.39, 0.29) is 0 Å². The zero-order chi connectivity index (χ0) is 12.3. The molecule has 1 aromatic rings. The molecule has 0 aromatic heterocycles. The standard InChI is InChI=1S/C16H25N/c1-4-14-6-8-15(9-7-14)12-16(13(2)3)10-5-11-17-16/h6-9,13,17H,4-5,10-12H2,1-3H3. The lowest BCUT2D eigenvalue weighted by Gasteiger charge is -2.34. The molecule has 1 atom stereocenters. The third-order valence-electron chi connectivity index (χ3n) is 4.33. The van der Waals surface area contributed by atoms with Gasteiger partial charge in [-0.05, 0) is 49.3 Å². The summed E-state index contributed by atoms with van der Waals surface area (Å²) < 4.78 is 0. The van der Waals surface area contributed by atoms with Crippen molar-refractivity contribution in [3.05, 3.63) is 35.4 Å². The average Bonchev–Trinajstić information content (AvgIpc) is 2.80. The molecule has 1 nitrogen and oxygen atoms in total. The van der Waals surface area contributed by atoms with E-state index in [1.54, 1.807) is 0 Å². The monoisotopic (exact) mass is 231 g/mol. The molecule has 0 saturated carbocycles. The minimum absolute atomic E-state index is 0.341. The Kier molecular flexibility index (Phi) is 3.88. The van der Waals surface area contributed by atoms with Gasteiger partial charge in [-0.3, -0.25) is 0 Å². The topological polar surface area (TPSA) is 12.0 Å². The largest absolute Gasteiger partial charge is 0.311 e. The van der Waals surface area contributed by atoms with Crippen LogP contribution in [-0.2, 0) is 12.8 Å². The van der Waals surface area contributed by atoms with Crippen LogP contribution in [0.5, 0.6) is 0 Å². The van der Waals surface area contributed by atoms with Crippen LogP contribution in [0.4, 0.5) is 0 Å². The Hall–Kier alpha value is -0.820. The Morgan fingerprint density at radius 1 is 1.18 bits per heavy atom. The van der Waals surface area contributed by atoms with E-state index < -0.39 is 0 Å². The van der Waals surface area contributed by atoms with Crippen LogP contribution in [0.3, 0.4) is 0 Å². The van der Waals surface area contributed by atoms with E-state index in [4.69, 9.17) is 0 Å². The fourth-order valence-electron chi connectivity index (χ4n) is 2.93. The van der Waals surface area contributed by atoms with Crippen molar-refractivity contribution in [2.45, 2.75) is 52.0 Å². The van der Waals surface area contributed by atoms with E-state index in [9.17, 15) is 0 Å². The number of hydrogen-bond donors (Lipinski definition) is 1. The third-order valence-corrected chi connectivity index (χ3v) is 4.33. The molecule has 94 valence electrons. The molecule has 1 unspecified atom stereocenters. The summed E-state index contributed by atoms with van der Waals surface area (Å²) in [5.74, 6) is 0.704. The van der Waals surface area contributed by atoms with Crippen LogP contribution in [0.2, 0.25) is 0 Å². The molecular weight excluding hydrogens is 206 g/mol. The summed E-state index contributed by atoms with van der Waals surface area (Å²) in [4.78, 5) is 0. The Bertz CT molecular complexity index is 344. The van der Waals surface area contributed by atoms with Gasteiger partial charge in [-0.2, -0.15) is 0 Å². The number of nitrogens with one attached hydrogen (secondary N) is 1. The average molecular weight is 231 g/mol. The first-order valence-electron chi connectivity index (χ1n) is 6.99. The number of hydrogen-bond acceptors (Lipinski definition) is 1. The summed E-state index contributed by atoms with van der Waals surface area (Å²) in [6.07, 6.45) is 4.95. The van der Waals surface area contributed by atoms with E-state index >= 15 is 0 Å². The van der Waals surface area contributed by atoms with Crippen molar-refractivity contribution in [3.8, 4) is 0 Å². The molecule has 1 N–H and O–H groups in total. The van der Waals surface area contributed by atoms with Gasteiger partial charge in [0.1, 0.15) is 0 Å². The Morgan fingerprint density at radius 2 is 1.82 bits per heavy atom. The van der Waals surface area contributed by atoms with Crippen LogP contribution in [0.1, 0.15) is 44.7 Å². The maximum Gasteiger partial charge on any atom is 0.0245 e. The van der Waals surface area contributed by atoms with E-state index in [2.05, 4.69) is 50.4 Å². The Labute approximate surface area is 106 Å². The quantitative estimate of drug-likeness (QED) is 0.835. The minimum atomic E-state index is 0.341. The van der Waals surface area contributed by atoms with E-state index in [1.807, 2.05) is 0 Å². The molecule has 1 heterocycles. The van der Waals surface area contributed by atoms with Gasteiger partial charge in [-0.25, -0.2) is 0 Å². The number of aryl methyl sites for hydroxylation is 1. The molecule has 0 spiro atoms. The lowest BCUT2D eigenvalue weighted by atomic mass is 9.79. The highest BCUT2D eigenvalue weighted by Crippen LogP contribution is 2.31. The van der Waals surface area contributed by atoms with Gasteiger partial charge >= 0.3 is 0 Å². The molecule has 1 aliphatic rings. The van der Waals surface area contributed by atoms with Crippen LogP contribution in [0.25, 0.3) is 0 Å². The van der Waals surface area contributed by atoms with Crippen molar-refractivity contribution in [2.24, 2.45) is 5.92 Å². The summed E-state index contributed by atoms with van der Waals surface area (Å²) in [7, 11) is 0. The Balaban J connectivity index is 2.12. The van der Waals surface area contributed by atoms with Crippen molar-refractivity contribution in [1.82, 2.24) is 5.32 Å². The first-order valence-corrected chi connectivity index (χ1v) is 6.99. The van der Waals surface area contributed by atoms with Gasteiger partial charge < -0.3 is 5.32 Å². The summed E-state index contributed by atoms with van der Waals surface area (Å²) in [5, 5.41) is 3.75. The normalized spacial score (nSPS) is 24.5. The molecule has 0 amide bonds. The summed E-state index contributed by atoms with van der Waals surface area (Å²) in [5.41, 5.74) is 3.25. The molecule has 1 aromatic carbocycles. The van der Waals surface area contributed by atoms with Gasteiger partial charge in [0.25, 0.3) is 0 Å². The first kappa shape index (κ1) is 12.6. The van der Waals surface area contributed by atoms with Gasteiger partial charge in [-0.1, -0.05) is 45.0 Å². The molecular formula is C16H25N. The second-order valence-electron chi connectivity index (χ2n) is 5.69. The molecule has 1 saturated heterocycles. The third kappa shape index (κ3) is 2.71. The van der Waals surface area contributed by atoms with Crippen molar-refractivity contribution in [2.75, 3.05) is 6.54 Å². The van der Waals surface area contributed by atoms with Crippen LogP contribution < -0.4 is 5.32 Å². The maximum atomic E-state index is 3.75. The van der Waals surface area contributed by atoms with Crippen molar-refractivity contribution in [3.63, 3.8) is 0 Å². The lowest BCUT2D eigenvalue weighted by molar-refractivity contribution is 0.269. The van der Waals surface area contributed by atoms with Crippen LogP contribution in [-0.4, -0.2) is 12.1 Å². The maximum absolute atomic E-state index is 3.75. The van der Waals surface area contributed by atoms with E-state index in [1.165, 1.54) is 36.9 Å². The smallest absolute Gasteiger partial charge is 0.0245 e. The second-order valence-corrected chi connectivity index (χ2v) is 5.69. The lowest BCUT2D eigenvalue weighted by Crippen LogP contribution is -2.46. The molecule has 1 aliphatic heterocycles. The summed E-state index contributed by atoms with van der Waals surface area (Å²) >= 11 is 0. The minimum Gasteiger partial charge on any atom is -0.311 e. The highest BCUT2D eigenvalue weighted by atomic mass is 15.0. The van der Waals surface area contributed by atoms with Crippen molar-refractivity contribution >= 4 is 0 Å². The second kappa shape index (κ2) is 5.22. The van der Waals surface area contributed by atoms with Crippen molar-refractivity contribution in [1.29, 1.82) is 0 Å².